The van der Waals surface area contributed by atoms with E-state index in [0.717, 1.165) is 11.3 Å². The SMILES string of the molecule is Cc1cc(-c2ncc(C(=O)N[C@H]3CCNC3=O)s2)cc(C(F)F)c1. The fourth-order valence-electron chi connectivity index (χ4n) is 2.54. The molecule has 24 heavy (non-hydrogen) atoms. The summed E-state index contributed by atoms with van der Waals surface area (Å²) in [6.07, 6.45) is -0.620. The Hall–Kier alpha value is -2.35. The molecule has 0 unspecified atom stereocenters. The summed E-state index contributed by atoms with van der Waals surface area (Å²) >= 11 is 1.11. The molecule has 1 saturated heterocycles. The van der Waals surface area contributed by atoms with Gasteiger partial charge in [-0.25, -0.2) is 13.8 Å². The fraction of sp³-hybridized carbons (Fsp3) is 0.312. The Morgan fingerprint density at radius 2 is 2.21 bits per heavy atom. The van der Waals surface area contributed by atoms with Crippen molar-refractivity contribution in [2.45, 2.75) is 25.8 Å². The van der Waals surface area contributed by atoms with Crippen LogP contribution in [0.5, 0.6) is 0 Å². The van der Waals surface area contributed by atoms with Crippen LogP contribution >= 0.6 is 11.3 Å². The molecular formula is C16H15F2N3O2S. The molecule has 8 heteroatoms. The molecule has 3 rings (SSSR count). The lowest BCUT2D eigenvalue weighted by Crippen LogP contribution is -2.39. The van der Waals surface area contributed by atoms with Gasteiger partial charge in [-0.3, -0.25) is 9.59 Å². The molecule has 1 aliphatic rings. The van der Waals surface area contributed by atoms with E-state index in [2.05, 4.69) is 15.6 Å². The number of rotatable bonds is 4. The predicted molar refractivity (Wildman–Crippen MR) is 86.1 cm³/mol. The minimum Gasteiger partial charge on any atom is -0.354 e. The van der Waals surface area contributed by atoms with Gasteiger partial charge in [-0.2, -0.15) is 0 Å². The summed E-state index contributed by atoms with van der Waals surface area (Å²) in [5.74, 6) is -0.587. The van der Waals surface area contributed by atoms with Crippen LogP contribution in [-0.4, -0.2) is 29.4 Å². The van der Waals surface area contributed by atoms with E-state index < -0.39 is 12.5 Å². The number of hydrogen-bond acceptors (Lipinski definition) is 4. The van der Waals surface area contributed by atoms with E-state index in [0.29, 0.717) is 34.0 Å². The van der Waals surface area contributed by atoms with Gasteiger partial charge in [-0.05, 0) is 31.0 Å². The van der Waals surface area contributed by atoms with Gasteiger partial charge in [0.05, 0.1) is 6.20 Å². The maximum absolute atomic E-state index is 12.9. The standard InChI is InChI=1S/C16H15F2N3O2S/c1-8-4-9(13(17)18)6-10(5-8)16-20-7-12(24-16)15(23)21-11-2-3-19-14(11)22/h4-7,11,13H,2-3H2,1H3,(H,19,22)(H,21,23)/t11-/m0/s1. The average molecular weight is 351 g/mol. The zero-order valence-electron chi connectivity index (χ0n) is 12.8. The summed E-state index contributed by atoms with van der Waals surface area (Å²) in [7, 11) is 0. The highest BCUT2D eigenvalue weighted by Crippen LogP contribution is 2.30. The molecule has 1 aromatic carbocycles. The monoisotopic (exact) mass is 351 g/mol. The number of hydrogen-bond donors (Lipinski definition) is 2. The molecule has 1 atom stereocenters. The number of nitrogens with zero attached hydrogens (tertiary/aromatic N) is 1. The van der Waals surface area contributed by atoms with Crippen molar-refractivity contribution in [3.05, 3.63) is 40.4 Å². The Bertz CT molecular complexity index is 791. The third kappa shape index (κ3) is 3.43. The van der Waals surface area contributed by atoms with E-state index in [-0.39, 0.29) is 17.4 Å². The molecule has 0 saturated carbocycles. The number of halogens is 2. The summed E-state index contributed by atoms with van der Waals surface area (Å²) in [5, 5.41) is 5.78. The van der Waals surface area contributed by atoms with Gasteiger partial charge in [0, 0.05) is 17.7 Å². The van der Waals surface area contributed by atoms with Crippen LogP contribution in [-0.2, 0) is 4.79 Å². The summed E-state index contributed by atoms with van der Waals surface area (Å²) in [5.41, 5.74) is 1.17. The Labute approximate surface area is 141 Å². The third-order valence-corrected chi connectivity index (χ3v) is 4.73. The van der Waals surface area contributed by atoms with Crippen molar-refractivity contribution < 1.29 is 18.4 Å². The van der Waals surface area contributed by atoms with Gasteiger partial charge >= 0.3 is 0 Å². The Morgan fingerprint density at radius 3 is 2.88 bits per heavy atom. The molecule has 2 aromatic rings. The van der Waals surface area contributed by atoms with E-state index in [1.807, 2.05) is 0 Å². The zero-order valence-corrected chi connectivity index (χ0v) is 13.6. The van der Waals surface area contributed by atoms with Crippen LogP contribution in [0.3, 0.4) is 0 Å². The van der Waals surface area contributed by atoms with Crippen LogP contribution in [0.15, 0.2) is 24.4 Å². The smallest absolute Gasteiger partial charge is 0.263 e. The lowest BCUT2D eigenvalue weighted by molar-refractivity contribution is -0.120. The van der Waals surface area contributed by atoms with Crippen molar-refractivity contribution in [3.63, 3.8) is 0 Å². The normalized spacial score (nSPS) is 17.2. The largest absolute Gasteiger partial charge is 0.354 e. The van der Waals surface area contributed by atoms with Gasteiger partial charge in [0.15, 0.2) is 0 Å². The van der Waals surface area contributed by atoms with Crippen molar-refractivity contribution in [2.75, 3.05) is 6.54 Å². The Kier molecular flexibility index (Phi) is 4.57. The summed E-state index contributed by atoms with van der Waals surface area (Å²) in [6, 6.07) is 4.01. The fourth-order valence-corrected chi connectivity index (χ4v) is 3.34. The van der Waals surface area contributed by atoms with E-state index in [4.69, 9.17) is 0 Å². The molecule has 2 amide bonds. The number of amides is 2. The van der Waals surface area contributed by atoms with Gasteiger partial charge in [-0.1, -0.05) is 6.07 Å². The first kappa shape index (κ1) is 16.5. The lowest BCUT2D eigenvalue weighted by atomic mass is 10.1. The number of nitrogens with one attached hydrogen (secondary N) is 2. The molecular weight excluding hydrogens is 336 g/mol. The molecule has 0 aliphatic carbocycles. The molecule has 2 N–H and O–H groups in total. The highest BCUT2D eigenvalue weighted by atomic mass is 32.1. The van der Waals surface area contributed by atoms with Crippen LogP contribution in [0.25, 0.3) is 10.6 Å². The highest BCUT2D eigenvalue weighted by Gasteiger charge is 2.26. The second-order valence-electron chi connectivity index (χ2n) is 5.57. The number of aryl methyl sites for hydroxylation is 1. The maximum atomic E-state index is 12.9. The second kappa shape index (κ2) is 6.64. The van der Waals surface area contributed by atoms with Gasteiger partial charge in [0.2, 0.25) is 5.91 Å². The van der Waals surface area contributed by atoms with E-state index in [1.54, 1.807) is 13.0 Å². The van der Waals surface area contributed by atoms with Crippen LogP contribution in [0, 0.1) is 6.92 Å². The van der Waals surface area contributed by atoms with E-state index in [9.17, 15) is 18.4 Å². The summed E-state index contributed by atoms with van der Waals surface area (Å²) < 4.78 is 25.8. The highest BCUT2D eigenvalue weighted by molar-refractivity contribution is 7.16. The van der Waals surface area contributed by atoms with Crippen molar-refractivity contribution >= 4 is 23.2 Å². The van der Waals surface area contributed by atoms with Gasteiger partial charge < -0.3 is 10.6 Å². The Balaban J connectivity index is 1.80. The average Bonchev–Trinajstić information content (AvgIpc) is 3.16. The number of carbonyl (C=O) groups is 2. The quantitative estimate of drug-likeness (QED) is 0.890. The topological polar surface area (TPSA) is 71.1 Å². The summed E-state index contributed by atoms with van der Waals surface area (Å²) in [6.45, 7) is 2.27. The molecule has 0 bridgehead atoms. The van der Waals surface area contributed by atoms with E-state index in [1.165, 1.54) is 18.3 Å². The molecule has 2 heterocycles. The van der Waals surface area contributed by atoms with Gasteiger partial charge in [-0.15, -0.1) is 11.3 Å². The van der Waals surface area contributed by atoms with Crippen LogP contribution in [0.1, 0.15) is 33.6 Å². The van der Waals surface area contributed by atoms with Crippen molar-refractivity contribution in [3.8, 4) is 10.6 Å². The molecule has 0 radical (unpaired) electrons. The molecule has 1 aromatic heterocycles. The summed E-state index contributed by atoms with van der Waals surface area (Å²) in [4.78, 5) is 28.2. The molecule has 126 valence electrons. The lowest BCUT2D eigenvalue weighted by Gasteiger charge is -2.08. The molecule has 0 spiro atoms. The zero-order chi connectivity index (χ0) is 17.3. The maximum Gasteiger partial charge on any atom is 0.263 e. The Morgan fingerprint density at radius 1 is 1.42 bits per heavy atom. The molecule has 1 fully saturated rings. The van der Waals surface area contributed by atoms with Crippen LogP contribution < -0.4 is 10.6 Å². The number of carbonyl (C=O) groups excluding carboxylic acids is 2. The first-order valence-electron chi connectivity index (χ1n) is 7.38. The number of aromatic nitrogens is 1. The molecule has 5 nitrogen and oxygen atoms in total. The number of benzene rings is 1. The second-order valence-corrected chi connectivity index (χ2v) is 6.60. The number of alkyl halides is 2. The first-order valence-corrected chi connectivity index (χ1v) is 8.20. The third-order valence-electron chi connectivity index (χ3n) is 3.68. The van der Waals surface area contributed by atoms with Crippen molar-refractivity contribution in [2.24, 2.45) is 0 Å². The van der Waals surface area contributed by atoms with Crippen molar-refractivity contribution in [1.82, 2.24) is 15.6 Å². The van der Waals surface area contributed by atoms with E-state index >= 15 is 0 Å². The minimum absolute atomic E-state index is 0.0752. The van der Waals surface area contributed by atoms with Gasteiger partial charge in [0.1, 0.15) is 15.9 Å². The first-order chi connectivity index (χ1) is 11.4. The molecule has 1 aliphatic heterocycles. The number of thiazole rings is 1. The predicted octanol–water partition coefficient (Wildman–Crippen LogP) is 2.67. The van der Waals surface area contributed by atoms with Gasteiger partial charge in [0.25, 0.3) is 12.3 Å². The van der Waals surface area contributed by atoms with Crippen LogP contribution in [0.2, 0.25) is 0 Å². The minimum atomic E-state index is -2.56. The van der Waals surface area contributed by atoms with Crippen LogP contribution in [0.4, 0.5) is 8.78 Å². The van der Waals surface area contributed by atoms with Crippen molar-refractivity contribution in [1.29, 1.82) is 0 Å².